The third kappa shape index (κ3) is 3.59. The van der Waals surface area contributed by atoms with E-state index in [1.807, 2.05) is 0 Å². The highest BCUT2D eigenvalue weighted by Gasteiger charge is 2.31. The Morgan fingerprint density at radius 2 is 1.95 bits per heavy atom. The smallest absolute Gasteiger partial charge is 0.212 e. The Kier molecular flexibility index (Phi) is 4.85. The van der Waals surface area contributed by atoms with Gasteiger partial charge in [-0.2, -0.15) is 4.31 Å². The summed E-state index contributed by atoms with van der Waals surface area (Å²) in [5.41, 5.74) is 0. The fourth-order valence-electron chi connectivity index (χ4n) is 2.09. The minimum Gasteiger partial charge on any atom is -0.212 e. The number of hydrogen-bond acceptors (Lipinski definition) is 5. The molecule has 0 saturated carbocycles. The molecule has 1 aliphatic rings. The van der Waals surface area contributed by atoms with Crippen molar-refractivity contribution in [3.05, 3.63) is 17.5 Å². The van der Waals surface area contributed by atoms with E-state index in [2.05, 4.69) is 4.72 Å². The van der Waals surface area contributed by atoms with Gasteiger partial charge in [-0.05, 0) is 31.2 Å². The van der Waals surface area contributed by atoms with E-state index >= 15 is 0 Å². The molecule has 0 bridgehead atoms. The molecule has 1 aromatic heterocycles. The van der Waals surface area contributed by atoms with Gasteiger partial charge < -0.3 is 0 Å². The second kappa shape index (κ2) is 6.10. The number of rotatable bonds is 5. The van der Waals surface area contributed by atoms with Gasteiger partial charge in [0.15, 0.2) is 0 Å². The zero-order valence-corrected chi connectivity index (χ0v) is 13.6. The van der Waals surface area contributed by atoms with E-state index in [4.69, 9.17) is 0 Å². The van der Waals surface area contributed by atoms with Crippen molar-refractivity contribution in [1.82, 2.24) is 9.03 Å². The van der Waals surface area contributed by atoms with Crippen LogP contribution in [0.15, 0.2) is 21.7 Å². The van der Waals surface area contributed by atoms with Crippen LogP contribution in [0.3, 0.4) is 0 Å². The van der Waals surface area contributed by atoms with Gasteiger partial charge in [0.1, 0.15) is 4.21 Å². The van der Waals surface area contributed by atoms with Gasteiger partial charge in [0.05, 0.1) is 5.75 Å². The summed E-state index contributed by atoms with van der Waals surface area (Å²) >= 11 is 1.20. The number of thiophene rings is 1. The number of nitrogens with zero attached hydrogens (tertiary/aromatic N) is 1. The Hall–Kier alpha value is -0.480. The van der Waals surface area contributed by atoms with E-state index in [0.29, 0.717) is 30.1 Å². The lowest BCUT2D eigenvalue weighted by molar-refractivity contribution is 0.309. The lowest BCUT2D eigenvalue weighted by atomic mass is 10.1. The van der Waals surface area contributed by atoms with E-state index < -0.39 is 20.0 Å². The van der Waals surface area contributed by atoms with Gasteiger partial charge in [0.25, 0.3) is 10.0 Å². The van der Waals surface area contributed by atoms with Crippen LogP contribution >= 0.6 is 11.3 Å². The fourth-order valence-corrected chi connectivity index (χ4v) is 5.61. The zero-order valence-electron chi connectivity index (χ0n) is 11.1. The average molecular weight is 338 g/mol. The van der Waals surface area contributed by atoms with E-state index in [1.54, 1.807) is 24.4 Å². The van der Waals surface area contributed by atoms with Crippen molar-refractivity contribution in [2.45, 2.75) is 30.0 Å². The molecule has 0 spiro atoms. The highest BCUT2D eigenvalue weighted by Crippen LogP contribution is 2.24. The molecule has 1 saturated heterocycles. The largest absolute Gasteiger partial charge is 0.252 e. The lowest BCUT2D eigenvalue weighted by Crippen LogP contribution is -2.46. The Morgan fingerprint density at radius 1 is 1.30 bits per heavy atom. The molecule has 20 heavy (non-hydrogen) atoms. The Labute approximate surface area is 123 Å². The van der Waals surface area contributed by atoms with Crippen molar-refractivity contribution < 1.29 is 16.8 Å². The number of nitrogens with one attached hydrogen (secondary N) is 1. The van der Waals surface area contributed by atoms with E-state index in [9.17, 15) is 16.8 Å². The molecule has 0 atom stereocenters. The standard InChI is InChI=1S/C11H18N2O4S3/c1-2-19(14,15)12-10-5-7-13(8-6-10)20(16,17)11-4-3-9-18-11/h3-4,9-10,12H,2,5-8H2,1H3. The molecule has 114 valence electrons. The molecular formula is C11H18N2O4S3. The van der Waals surface area contributed by atoms with Crippen molar-refractivity contribution in [1.29, 1.82) is 0 Å². The van der Waals surface area contributed by atoms with Gasteiger partial charge in [0, 0.05) is 19.1 Å². The normalized spacial score (nSPS) is 19.2. The predicted molar refractivity (Wildman–Crippen MR) is 78.7 cm³/mol. The van der Waals surface area contributed by atoms with Gasteiger partial charge >= 0.3 is 0 Å². The van der Waals surface area contributed by atoms with E-state index in [-0.39, 0.29) is 11.8 Å². The maximum absolute atomic E-state index is 12.3. The molecule has 0 aliphatic carbocycles. The topological polar surface area (TPSA) is 83.6 Å². The van der Waals surface area contributed by atoms with Crippen LogP contribution in [0.2, 0.25) is 0 Å². The summed E-state index contributed by atoms with van der Waals surface area (Å²) in [4.78, 5) is 0. The van der Waals surface area contributed by atoms with Crippen LogP contribution < -0.4 is 4.72 Å². The molecule has 2 heterocycles. The SMILES string of the molecule is CCS(=O)(=O)NC1CCN(S(=O)(=O)c2cccs2)CC1. The van der Waals surface area contributed by atoms with E-state index in [0.717, 1.165) is 0 Å². The van der Waals surface area contributed by atoms with Gasteiger partial charge in [-0.1, -0.05) is 6.07 Å². The summed E-state index contributed by atoms with van der Waals surface area (Å²) in [6.07, 6.45) is 1.01. The first-order chi connectivity index (χ1) is 9.35. The number of sulfonamides is 2. The summed E-state index contributed by atoms with van der Waals surface area (Å²) in [7, 11) is -6.65. The molecule has 0 radical (unpaired) electrons. The lowest BCUT2D eigenvalue weighted by Gasteiger charge is -2.30. The summed E-state index contributed by atoms with van der Waals surface area (Å²) in [6, 6.07) is 3.13. The number of piperidine rings is 1. The predicted octanol–water partition coefficient (Wildman–Crippen LogP) is 0.840. The maximum atomic E-state index is 12.3. The molecule has 6 nitrogen and oxygen atoms in total. The molecule has 1 fully saturated rings. The monoisotopic (exact) mass is 338 g/mol. The summed E-state index contributed by atoms with van der Waals surface area (Å²) in [6.45, 7) is 2.27. The van der Waals surface area contributed by atoms with Crippen LogP contribution in [-0.2, 0) is 20.0 Å². The molecule has 9 heteroatoms. The van der Waals surface area contributed by atoms with Gasteiger partial charge in [0.2, 0.25) is 10.0 Å². The average Bonchev–Trinajstić information content (AvgIpc) is 2.93. The summed E-state index contributed by atoms with van der Waals surface area (Å²) < 4.78 is 51.9. The van der Waals surface area contributed by atoms with Crippen LogP contribution in [0.5, 0.6) is 0 Å². The molecule has 0 aromatic carbocycles. The minimum atomic E-state index is -3.42. The van der Waals surface area contributed by atoms with Crippen LogP contribution in [-0.4, -0.2) is 46.0 Å². The van der Waals surface area contributed by atoms with Crippen LogP contribution in [0, 0.1) is 0 Å². The highest BCUT2D eigenvalue weighted by molar-refractivity contribution is 7.91. The van der Waals surface area contributed by atoms with Crippen molar-refractivity contribution >= 4 is 31.4 Å². The molecule has 0 amide bonds. The second-order valence-corrected chi connectivity index (χ2v) is 9.79. The third-order valence-corrected chi connectivity index (χ3v) is 7.99. The maximum Gasteiger partial charge on any atom is 0.252 e. The van der Waals surface area contributed by atoms with Gasteiger partial charge in [-0.3, -0.25) is 0 Å². The number of hydrogen-bond donors (Lipinski definition) is 1. The van der Waals surface area contributed by atoms with Crippen molar-refractivity contribution in [3.63, 3.8) is 0 Å². The van der Waals surface area contributed by atoms with E-state index in [1.165, 1.54) is 15.6 Å². The quantitative estimate of drug-likeness (QED) is 0.862. The van der Waals surface area contributed by atoms with Crippen molar-refractivity contribution in [2.24, 2.45) is 0 Å². The van der Waals surface area contributed by atoms with Gasteiger partial charge in [-0.15, -0.1) is 11.3 Å². The first-order valence-electron chi connectivity index (χ1n) is 6.39. The van der Waals surface area contributed by atoms with Crippen molar-refractivity contribution in [3.8, 4) is 0 Å². The summed E-state index contributed by atoms with van der Waals surface area (Å²) in [5.74, 6) is 0.0424. The minimum absolute atomic E-state index is 0.0424. The van der Waals surface area contributed by atoms with Crippen LogP contribution in [0.4, 0.5) is 0 Å². The first-order valence-corrected chi connectivity index (χ1v) is 10.4. The second-order valence-electron chi connectivity index (χ2n) is 4.63. The first kappa shape index (κ1) is 15.9. The molecule has 1 aromatic rings. The third-order valence-electron chi connectivity index (χ3n) is 3.27. The van der Waals surface area contributed by atoms with Crippen LogP contribution in [0.1, 0.15) is 19.8 Å². The highest BCUT2D eigenvalue weighted by atomic mass is 32.2. The molecule has 0 unspecified atom stereocenters. The Bertz CT molecular complexity index is 629. The molecule has 1 N–H and O–H groups in total. The fraction of sp³-hybridized carbons (Fsp3) is 0.636. The Morgan fingerprint density at radius 3 is 2.45 bits per heavy atom. The Balaban J connectivity index is 1.98. The summed E-state index contributed by atoms with van der Waals surface area (Å²) in [5, 5.41) is 1.73. The molecular weight excluding hydrogens is 320 g/mol. The molecule has 2 rings (SSSR count). The van der Waals surface area contributed by atoms with Crippen molar-refractivity contribution in [2.75, 3.05) is 18.8 Å². The zero-order chi connectivity index (χ0) is 14.8. The van der Waals surface area contributed by atoms with Gasteiger partial charge in [-0.25, -0.2) is 21.6 Å². The van der Waals surface area contributed by atoms with Crippen LogP contribution in [0.25, 0.3) is 0 Å². The molecule has 1 aliphatic heterocycles.